The van der Waals surface area contributed by atoms with Crippen LogP contribution < -0.4 is 11.1 Å². The molecular weight excluding hydrogens is 202 g/mol. The van der Waals surface area contributed by atoms with Crippen LogP contribution in [0, 0.1) is 6.92 Å². The fourth-order valence-electron chi connectivity index (χ4n) is 1.34. The average molecular weight is 215 g/mol. The third kappa shape index (κ3) is 2.66. The van der Waals surface area contributed by atoms with Gasteiger partial charge in [0.1, 0.15) is 5.82 Å². The lowest BCUT2D eigenvalue weighted by atomic mass is 10.3. The van der Waals surface area contributed by atoms with Gasteiger partial charge in [-0.2, -0.15) is 4.98 Å². The Balaban J connectivity index is 2.05. The third-order valence-electron chi connectivity index (χ3n) is 2.03. The minimum atomic E-state index is 0.469. The van der Waals surface area contributed by atoms with Crippen molar-refractivity contribution in [3.05, 3.63) is 41.9 Å². The molecule has 0 aromatic carbocycles. The molecule has 0 aliphatic rings. The zero-order valence-corrected chi connectivity index (χ0v) is 9.01. The van der Waals surface area contributed by atoms with Gasteiger partial charge in [0.25, 0.3) is 0 Å². The minimum absolute atomic E-state index is 0.469. The van der Waals surface area contributed by atoms with Crippen molar-refractivity contribution in [3.63, 3.8) is 0 Å². The summed E-state index contributed by atoms with van der Waals surface area (Å²) in [7, 11) is 0. The average Bonchev–Trinajstić information content (AvgIpc) is 2.27. The number of hydrogen-bond acceptors (Lipinski definition) is 5. The number of pyridine rings is 1. The summed E-state index contributed by atoms with van der Waals surface area (Å²) in [6.45, 7) is 2.47. The second-order valence-corrected chi connectivity index (χ2v) is 3.43. The van der Waals surface area contributed by atoms with Gasteiger partial charge in [0, 0.05) is 18.0 Å². The Kier molecular flexibility index (Phi) is 2.95. The second-order valence-electron chi connectivity index (χ2n) is 3.43. The zero-order chi connectivity index (χ0) is 11.4. The lowest BCUT2D eigenvalue weighted by Crippen LogP contribution is -2.06. The summed E-state index contributed by atoms with van der Waals surface area (Å²) in [4.78, 5) is 12.5. The molecule has 82 valence electrons. The molecule has 16 heavy (non-hydrogen) atoms. The number of nitrogens with one attached hydrogen (secondary N) is 1. The molecule has 0 saturated heterocycles. The highest BCUT2D eigenvalue weighted by Gasteiger charge is 1.99. The van der Waals surface area contributed by atoms with Gasteiger partial charge in [-0.05, 0) is 19.1 Å². The van der Waals surface area contributed by atoms with Crippen molar-refractivity contribution in [2.45, 2.75) is 13.5 Å². The highest BCUT2D eigenvalue weighted by atomic mass is 15.1. The minimum Gasteiger partial charge on any atom is -0.384 e. The maximum atomic E-state index is 5.62. The zero-order valence-electron chi connectivity index (χ0n) is 9.01. The van der Waals surface area contributed by atoms with E-state index in [1.54, 1.807) is 12.3 Å². The van der Waals surface area contributed by atoms with Crippen molar-refractivity contribution in [2.75, 3.05) is 11.1 Å². The SMILES string of the molecule is Cc1cc(N)nc(NCc2ccccn2)n1. The molecule has 0 amide bonds. The van der Waals surface area contributed by atoms with E-state index in [1.807, 2.05) is 25.1 Å². The molecule has 0 atom stereocenters. The number of rotatable bonds is 3. The van der Waals surface area contributed by atoms with Crippen LogP contribution in [0.25, 0.3) is 0 Å². The number of aryl methyl sites for hydroxylation is 1. The number of nitrogen functional groups attached to an aromatic ring is 1. The topological polar surface area (TPSA) is 76.7 Å². The molecule has 2 rings (SSSR count). The maximum absolute atomic E-state index is 5.62. The molecule has 5 heteroatoms. The summed E-state index contributed by atoms with van der Waals surface area (Å²) < 4.78 is 0. The summed E-state index contributed by atoms with van der Waals surface area (Å²) >= 11 is 0. The Bertz CT molecular complexity index is 449. The van der Waals surface area contributed by atoms with Crippen LogP contribution in [0.5, 0.6) is 0 Å². The van der Waals surface area contributed by atoms with Crippen molar-refractivity contribution in [3.8, 4) is 0 Å². The summed E-state index contributed by atoms with van der Waals surface area (Å²) in [5.41, 5.74) is 7.40. The van der Waals surface area contributed by atoms with E-state index in [4.69, 9.17) is 5.73 Å². The standard InChI is InChI=1S/C11H13N5/c1-8-6-10(12)16-11(15-8)14-7-9-4-2-3-5-13-9/h2-6H,7H2,1H3,(H3,12,14,15,16). The largest absolute Gasteiger partial charge is 0.384 e. The maximum Gasteiger partial charge on any atom is 0.225 e. The Labute approximate surface area is 93.8 Å². The van der Waals surface area contributed by atoms with Gasteiger partial charge in [-0.25, -0.2) is 4.98 Å². The monoisotopic (exact) mass is 215 g/mol. The van der Waals surface area contributed by atoms with E-state index in [1.165, 1.54) is 0 Å². The molecule has 2 aromatic rings. The normalized spacial score (nSPS) is 10.1. The number of anilines is 2. The smallest absolute Gasteiger partial charge is 0.225 e. The van der Waals surface area contributed by atoms with Crippen LogP contribution >= 0.6 is 0 Å². The molecule has 0 aliphatic heterocycles. The van der Waals surface area contributed by atoms with Crippen molar-refractivity contribution in [1.29, 1.82) is 0 Å². The first-order valence-electron chi connectivity index (χ1n) is 4.99. The lowest BCUT2D eigenvalue weighted by Gasteiger charge is -2.05. The number of hydrogen-bond donors (Lipinski definition) is 2. The van der Waals surface area contributed by atoms with Crippen molar-refractivity contribution in [2.24, 2.45) is 0 Å². The van der Waals surface area contributed by atoms with Crippen LogP contribution in [0.4, 0.5) is 11.8 Å². The van der Waals surface area contributed by atoms with Crippen molar-refractivity contribution in [1.82, 2.24) is 15.0 Å². The predicted octanol–water partition coefficient (Wildman–Crippen LogP) is 1.37. The van der Waals surface area contributed by atoms with Gasteiger partial charge in [0.05, 0.1) is 12.2 Å². The molecule has 0 bridgehead atoms. The second kappa shape index (κ2) is 4.57. The van der Waals surface area contributed by atoms with E-state index < -0.39 is 0 Å². The van der Waals surface area contributed by atoms with E-state index in [0.29, 0.717) is 18.3 Å². The quantitative estimate of drug-likeness (QED) is 0.808. The van der Waals surface area contributed by atoms with E-state index >= 15 is 0 Å². The van der Waals surface area contributed by atoms with Crippen LogP contribution in [-0.2, 0) is 6.54 Å². The van der Waals surface area contributed by atoms with Crippen LogP contribution in [0.3, 0.4) is 0 Å². The van der Waals surface area contributed by atoms with Crippen molar-refractivity contribution >= 4 is 11.8 Å². The Morgan fingerprint density at radius 2 is 2.19 bits per heavy atom. The van der Waals surface area contributed by atoms with E-state index in [2.05, 4.69) is 20.3 Å². The molecule has 2 aromatic heterocycles. The summed E-state index contributed by atoms with van der Waals surface area (Å²) in [6.07, 6.45) is 1.75. The molecule has 0 spiro atoms. The van der Waals surface area contributed by atoms with E-state index in [9.17, 15) is 0 Å². The fourth-order valence-corrected chi connectivity index (χ4v) is 1.34. The number of aromatic nitrogens is 3. The van der Waals surface area contributed by atoms with E-state index in [-0.39, 0.29) is 0 Å². The first kappa shape index (κ1) is 10.4. The third-order valence-corrected chi connectivity index (χ3v) is 2.03. The molecule has 0 aliphatic carbocycles. The van der Waals surface area contributed by atoms with Gasteiger partial charge in [0.2, 0.25) is 5.95 Å². The van der Waals surface area contributed by atoms with Crippen LogP contribution in [-0.4, -0.2) is 15.0 Å². The Morgan fingerprint density at radius 1 is 1.31 bits per heavy atom. The summed E-state index contributed by atoms with van der Waals surface area (Å²) in [6, 6.07) is 7.48. The Morgan fingerprint density at radius 3 is 2.88 bits per heavy atom. The first-order chi connectivity index (χ1) is 7.74. The molecule has 0 fully saturated rings. The molecule has 0 radical (unpaired) electrons. The predicted molar refractivity (Wildman–Crippen MR) is 62.7 cm³/mol. The number of nitrogens with zero attached hydrogens (tertiary/aromatic N) is 3. The lowest BCUT2D eigenvalue weighted by molar-refractivity contribution is 0.992. The highest BCUT2D eigenvalue weighted by Crippen LogP contribution is 2.06. The van der Waals surface area contributed by atoms with Crippen LogP contribution in [0.1, 0.15) is 11.4 Å². The van der Waals surface area contributed by atoms with Crippen molar-refractivity contribution < 1.29 is 0 Å². The van der Waals surface area contributed by atoms with Crippen LogP contribution in [0.2, 0.25) is 0 Å². The highest BCUT2D eigenvalue weighted by molar-refractivity contribution is 5.38. The molecule has 5 nitrogen and oxygen atoms in total. The Hall–Kier alpha value is -2.17. The van der Waals surface area contributed by atoms with E-state index in [0.717, 1.165) is 11.4 Å². The van der Waals surface area contributed by atoms with Gasteiger partial charge in [-0.15, -0.1) is 0 Å². The molecule has 3 N–H and O–H groups in total. The number of nitrogens with two attached hydrogens (primary N) is 1. The van der Waals surface area contributed by atoms with Gasteiger partial charge in [0.15, 0.2) is 0 Å². The first-order valence-corrected chi connectivity index (χ1v) is 4.99. The van der Waals surface area contributed by atoms with Gasteiger partial charge in [-0.3, -0.25) is 4.98 Å². The molecule has 0 unspecified atom stereocenters. The van der Waals surface area contributed by atoms with Gasteiger partial charge >= 0.3 is 0 Å². The summed E-state index contributed by atoms with van der Waals surface area (Å²) in [5.74, 6) is 0.999. The van der Waals surface area contributed by atoms with Gasteiger partial charge in [-0.1, -0.05) is 6.07 Å². The van der Waals surface area contributed by atoms with Gasteiger partial charge < -0.3 is 11.1 Å². The molecular formula is C11H13N5. The fraction of sp³-hybridized carbons (Fsp3) is 0.182. The molecule has 2 heterocycles. The van der Waals surface area contributed by atoms with Crippen LogP contribution in [0.15, 0.2) is 30.5 Å². The molecule has 0 saturated carbocycles. The summed E-state index contributed by atoms with van der Waals surface area (Å²) in [5, 5.41) is 3.08.